The van der Waals surface area contributed by atoms with Gasteiger partial charge in [0.1, 0.15) is 5.82 Å². The van der Waals surface area contributed by atoms with Crippen LogP contribution in [0.15, 0.2) is 42.5 Å². The number of fused-ring (bicyclic) bond motifs is 1. The average molecular weight is 398 g/mol. The third-order valence-corrected chi connectivity index (χ3v) is 4.84. The van der Waals surface area contributed by atoms with E-state index in [4.69, 9.17) is 23.2 Å². The summed E-state index contributed by atoms with van der Waals surface area (Å²) in [5.74, 6) is 0.760. The number of benzene rings is 2. The predicted molar refractivity (Wildman–Crippen MR) is 96.2 cm³/mol. The molecule has 0 saturated carbocycles. The number of aromatic nitrogens is 2. The molecule has 0 radical (unpaired) electrons. The van der Waals surface area contributed by atoms with Gasteiger partial charge < -0.3 is 5.32 Å². The van der Waals surface area contributed by atoms with Crippen LogP contribution in [0.2, 0.25) is 10.0 Å². The second-order valence-corrected chi connectivity index (χ2v) is 6.78. The molecule has 26 heavy (non-hydrogen) atoms. The highest BCUT2D eigenvalue weighted by Crippen LogP contribution is 2.39. The average Bonchev–Trinajstić information content (AvgIpc) is 3.19. The van der Waals surface area contributed by atoms with E-state index in [1.807, 2.05) is 0 Å². The van der Waals surface area contributed by atoms with E-state index >= 15 is 0 Å². The Hall–Kier alpha value is -2.18. The van der Waals surface area contributed by atoms with Gasteiger partial charge in [-0.05, 0) is 48.9 Å². The van der Waals surface area contributed by atoms with E-state index in [9.17, 15) is 13.2 Å². The lowest BCUT2D eigenvalue weighted by Crippen LogP contribution is -2.07. The first kappa shape index (κ1) is 17.2. The van der Waals surface area contributed by atoms with E-state index in [1.54, 1.807) is 22.9 Å². The van der Waals surface area contributed by atoms with E-state index < -0.39 is 11.7 Å². The third kappa shape index (κ3) is 2.93. The SMILES string of the molecule is FC(F)(F)c1ccc(-n2nc(-c3cc(Cl)ccc3Cl)c3c2NCC3)cc1. The van der Waals surface area contributed by atoms with Crippen LogP contribution in [0.25, 0.3) is 16.9 Å². The maximum Gasteiger partial charge on any atom is 0.416 e. The van der Waals surface area contributed by atoms with Crippen molar-refractivity contribution in [2.24, 2.45) is 0 Å². The van der Waals surface area contributed by atoms with Crippen molar-refractivity contribution in [1.29, 1.82) is 0 Å². The number of nitrogens with zero attached hydrogens (tertiary/aromatic N) is 2. The monoisotopic (exact) mass is 397 g/mol. The van der Waals surface area contributed by atoms with Crippen LogP contribution < -0.4 is 5.32 Å². The summed E-state index contributed by atoms with van der Waals surface area (Å²) in [6.07, 6.45) is -3.63. The highest BCUT2D eigenvalue weighted by molar-refractivity contribution is 6.35. The molecule has 0 amide bonds. The molecule has 2 aromatic carbocycles. The Bertz CT molecular complexity index is 979. The molecule has 0 atom stereocenters. The van der Waals surface area contributed by atoms with Crippen LogP contribution in [0.5, 0.6) is 0 Å². The van der Waals surface area contributed by atoms with Crippen molar-refractivity contribution in [2.75, 3.05) is 11.9 Å². The Kier molecular flexibility index (Phi) is 4.12. The van der Waals surface area contributed by atoms with Crippen LogP contribution in [0.4, 0.5) is 19.0 Å². The highest BCUT2D eigenvalue weighted by Gasteiger charge is 2.30. The summed E-state index contributed by atoms with van der Waals surface area (Å²) in [7, 11) is 0. The molecule has 0 saturated heterocycles. The topological polar surface area (TPSA) is 29.9 Å². The molecule has 1 aliphatic rings. The van der Waals surface area contributed by atoms with Crippen LogP contribution in [0, 0.1) is 0 Å². The van der Waals surface area contributed by atoms with Crippen molar-refractivity contribution in [3.8, 4) is 16.9 Å². The van der Waals surface area contributed by atoms with E-state index in [0.717, 1.165) is 36.5 Å². The normalized spacial score (nSPS) is 13.6. The number of hydrogen-bond acceptors (Lipinski definition) is 2. The molecule has 4 rings (SSSR count). The Morgan fingerprint density at radius 3 is 2.46 bits per heavy atom. The van der Waals surface area contributed by atoms with Gasteiger partial charge in [0.2, 0.25) is 0 Å². The molecule has 0 bridgehead atoms. The van der Waals surface area contributed by atoms with Crippen molar-refractivity contribution in [1.82, 2.24) is 9.78 Å². The zero-order chi connectivity index (χ0) is 18.5. The molecule has 1 aliphatic heterocycles. The Morgan fingerprint density at radius 1 is 1.04 bits per heavy atom. The molecule has 0 fully saturated rings. The maximum absolute atomic E-state index is 12.8. The van der Waals surface area contributed by atoms with Gasteiger partial charge in [0.05, 0.1) is 22.0 Å². The minimum Gasteiger partial charge on any atom is -0.369 e. The summed E-state index contributed by atoms with van der Waals surface area (Å²) in [5, 5.41) is 8.88. The summed E-state index contributed by atoms with van der Waals surface area (Å²) < 4.78 is 40.0. The molecule has 2 heterocycles. The van der Waals surface area contributed by atoms with E-state index in [-0.39, 0.29) is 0 Å². The molecular weight excluding hydrogens is 386 g/mol. The molecule has 3 nitrogen and oxygen atoms in total. The van der Waals surface area contributed by atoms with E-state index in [1.165, 1.54) is 12.1 Å². The van der Waals surface area contributed by atoms with Crippen molar-refractivity contribution in [3.05, 3.63) is 63.6 Å². The summed E-state index contributed by atoms with van der Waals surface area (Å²) in [6, 6.07) is 10.0. The van der Waals surface area contributed by atoms with Gasteiger partial charge in [-0.2, -0.15) is 18.3 Å². The predicted octanol–water partition coefficient (Wildman–Crippen LogP) is 5.83. The van der Waals surface area contributed by atoms with Crippen LogP contribution in [0.3, 0.4) is 0 Å². The first-order chi connectivity index (χ1) is 12.3. The lowest BCUT2D eigenvalue weighted by molar-refractivity contribution is -0.137. The lowest BCUT2D eigenvalue weighted by Gasteiger charge is -2.09. The molecule has 3 aromatic rings. The summed E-state index contributed by atoms with van der Waals surface area (Å²) in [4.78, 5) is 0. The van der Waals surface area contributed by atoms with Crippen LogP contribution in [0.1, 0.15) is 11.1 Å². The molecule has 0 spiro atoms. The smallest absolute Gasteiger partial charge is 0.369 e. The second kappa shape index (κ2) is 6.21. The number of alkyl halides is 3. The number of anilines is 1. The molecule has 8 heteroatoms. The van der Waals surface area contributed by atoms with Gasteiger partial charge >= 0.3 is 6.18 Å². The molecule has 1 aromatic heterocycles. The summed E-state index contributed by atoms with van der Waals surface area (Å²) >= 11 is 12.4. The fourth-order valence-electron chi connectivity index (χ4n) is 3.05. The number of nitrogens with one attached hydrogen (secondary N) is 1. The van der Waals surface area contributed by atoms with Gasteiger partial charge in [0, 0.05) is 22.7 Å². The van der Waals surface area contributed by atoms with E-state index in [2.05, 4.69) is 10.4 Å². The first-order valence-corrected chi connectivity index (χ1v) is 8.59. The van der Waals surface area contributed by atoms with Crippen molar-refractivity contribution in [2.45, 2.75) is 12.6 Å². The summed E-state index contributed by atoms with van der Waals surface area (Å²) in [6.45, 7) is 0.721. The lowest BCUT2D eigenvalue weighted by atomic mass is 10.1. The second-order valence-electron chi connectivity index (χ2n) is 5.93. The molecule has 1 N–H and O–H groups in total. The van der Waals surface area contributed by atoms with Crippen molar-refractivity contribution in [3.63, 3.8) is 0 Å². The van der Waals surface area contributed by atoms with Gasteiger partial charge in [-0.3, -0.25) is 0 Å². The fraction of sp³-hybridized carbons (Fsp3) is 0.167. The van der Waals surface area contributed by atoms with Crippen molar-refractivity contribution < 1.29 is 13.2 Å². The summed E-state index contributed by atoms with van der Waals surface area (Å²) in [5.41, 5.74) is 2.18. The van der Waals surface area contributed by atoms with Crippen LogP contribution in [-0.2, 0) is 12.6 Å². The van der Waals surface area contributed by atoms with Gasteiger partial charge in [-0.25, -0.2) is 4.68 Å². The number of halogens is 5. The van der Waals surface area contributed by atoms with Gasteiger partial charge in [0.15, 0.2) is 0 Å². The number of hydrogen-bond donors (Lipinski definition) is 1. The zero-order valence-corrected chi connectivity index (χ0v) is 14.8. The third-order valence-electron chi connectivity index (χ3n) is 4.27. The molecular formula is C18H12Cl2F3N3. The number of rotatable bonds is 2. The molecule has 0 aliphatic carbocycles. The molecule has 134 valence electrons. The van der Waals surface area contributed by atoms with Gasteiger partial charge in [-0.15, -0.1) is 0 Å². The zero-order valence-electron chi connectivity index (χ0n) is 13.2. The van der Waals surface area contributed by atoms with E-state index in [0.29, 0.717) is 27.0 Å². The quantitative estimate of drug-likeness (QED) is 0.589. The first-order valence-electron chi connectivity index (χ1n) is 7.83. The van der Waals surface area contributed by atoms with Gasteiger partial charge in [0.25, 0.3) is 0 Å². The highest BCUT2D eigenvalue weighted by atomic mass is 35.5. The minimum absolute atomic E-state index is 0.515. The Morgan fingerprint density at radius 2 is 1.77 bits per heavy atom. The Labute approximate surface area is 157 Å². The van der Waals surface area contributed by atoms with Gasteiger partial charge in [-0.1, -0.05) is 23.2 Å². The maximum atomic E-state index is 12.8. The minimum atomic E-state index is -4.37. The molecule has 0 unspecified atom stereocenters. The van der Waals surface area contributed by atoms with Crippen LogP contribution >= 0.6 is 23.2 Å². The largest absolute Gasteiger partial charge is 0.416 e. The fourth-order valence-corrected chi connectivity index (χ4v) is 3.43. The van der Waals surface area contributed by atoms with Crippen LogP contribution in [-0.4, -0.2) is 16.3 Å². The van der Waals surface area contributed by atoms with Crippen molar-refractivity contribution >= 4 is 29.0 Å². The Balaban J connectivity index is 1.83. The standard InChI is InChI=1S/C18H12Cl2F3N3/c19-11-3-6-15(20)14(9-11)16-13-7-8-24-17(13)26(25-16)12-4-1-10(2-5-12)18(21,22)23/h1-6,9,24H,7-8H2.